The van der Waals surface area contributed by atoms with Crippen molar-refractivity contribution in [1.82, 2.24) is 0 Å². The lowest BCUT2D eigenvalue weighted by Crippen LogP contribution is -2.28. The Bertz CT molecular complexity index is 3100. The minimum Gasteiger partial charge on any atom is -0.314 e. The normalized spacial score (nSPS) is 15.2. The zero-order chi connectivity index (χ0) is 40.5. The van der Waals surface area contributed by atoms with E-state index >= 15 is 0 Å². The largest absolute Gasteiger partial charge is 0.314 e. The van der Waals surface area contributed by atoms with Gasteiger partial charge in [-0.3, -0.25) is 0 Å². The number of fused-ring (bicyclic) bond motifs is 4. The van der Waals surface area contributed by atoms with Gasteiger partial charge < -0.3 is 4.90 Å². The van der Waals surface area contributed by atoms with Gasteiger partial charge in [0.2, 0.25) is 0 Å². The second kappa shape index (κ2) is 15.8. The molecule has 0 aromatic heterocycles. The summed E-state index contributed by atoms with van der Waals surface area (Å²) in [7, 11) is 0. The molecule has 0 heterocycles. The zero-order valence-corrected chi connectivity index (χ0v) is 33.8. The fourth-order valence-electron chi connectivity index (χ4n) is 9.33. The molecule has 9 aromatic carbocycles. The van der Waals surface area contributed by atoms with Crippen LogP contribution in [0.2, 0.25) is 0 Å². The number of hydrogen-bond donors (Lipinski definition) is 0. The maximum absolute atomic E-state index is 2.47. The van der Waals surface area contributed by atoms with E-state index in [-0.39, 0.29) is 11.8 Å². The van der Waals surface area contributed by atoms with Gasteiger partial charge in [-0.05, 0) is 120 Å². The molecule has 0 saturated carbocycles. The second-order valence-electron chi connectivity index (χ2n) is 16.1. The topological polar surface area (TPSA) is 3.24 Å². The summed E-state index contributed by atoms with van der Waals surface area (Å²) >= 11 is 0. The molecule has 0 N–H and O–H groups in total. The van der Waals surface area contributed by atoms with Crippen molar-refractivity contribution in [2.45, 2.75) is 5.92 Å². The highest BCUT2D eigenvalue weighted by Crippen LogP contribution is 2.47. The SMILES string of the molecule is C1=CC2C(N(c3ccc(-c4ccc(-c5cc(-c6ccccc6)ccc5-c5ccccc5)cc4)cc3)c3ccc(-c4ccc5ccccc5c4)cc3)=Cc3ccccc3C2C=C1. The van der Waals surface area contributed by atoms with Gasteiger partial charge in [-0.1, -0.05) is 206 Å². The zero-order valence-electron chi connectivity index (χ0n) is 33.8. The predicted octanol–water partition coefficient (Wildman–Crippen LogP) is 16.2. The number of hydrogen-bond acceptors (Lipinski definition) is 1. The Labute approximate surface area is 358 Å². The lowest BCUT2D eigenvalue weighted by atomic mass is 9.74. The number of nitrogens with zero attached hydrogens (tertiary/aromatic N) is 1. The molecule has 11 rings (SSSR count). The van der Waals surface area contributed by atoms with E-state index in [1.807, 2.05) is 0 Å². The van der Waals surface area contributed by atoms with Crippen LogP contribution >= 0.6 is 0 Å². The lowest BCUT2D eigenvalue weighted by Gasteiger charge is -2.39. The maximum Gasteiger partial charge on any atom is 0.0459 e. The van der Waals surface area contributed by atoms with Crippen LogP contribution in [-0.2, 0) is 0 Å². The molecule has 1 nitrogen and oxygen atoms in total. The first-order valence-electron chi connectivity index (χ1n) is 21.2. The quantitative estimate of drug-likeness (QED) is 0.149. The van der Waals surface area contributed by atoms with E-state index in [0.717, 1.165) is 11.4 Å². The summed E-state index contributed by atoms with van der Waals surface area (Å²) < 4.78 is 0. The van der Waals surface area contributed by atoms with Crippen LogP contribution in [0.3, 0.4) is 0 Å². The fraction of sp³-hybridized carbons (Fsp3) is 0.0333. The van der Waals surface area contributed by atoms with Crippen LogP contribution < -0.4 is 4.90 Å². The molecule has 2 unspecified atom stereocenters. The molecule has 0 saturated heterocycles. The van der Waals surface area contributed by atoms with Gasteiger partial charge in [0.1, 0.15) is 0 Å². The number of allylic oxidation sites excluding steroid dienone is 4. The van der Waals surface area contributed by atoms with Crippen LogP contribution in [-0.4, -0.2) is 0 Å². The van der Waals surface area contributed by atoms with Gasteiger partial charge in [0, 0.05) is 28.9 Å². The van der Waals surface area contributed by atoms with Gasteiger partial charge in [0.05, 0.1) is 0 Å². The predicted molar refractivity (Wildman–Crippen MR) is 259 cm³/mol. The Morgan fingerprint density at radius 2 is 0.787 bits per heavy atom. The van der Waals surface area contributed by atoms with Crippen molar-refractivity contribution in [1.29, 1.82) is 0 Å². The van der Waals surface area contributed by atoms with E-state index < -0.39 is 0 Å². The molecule has 0 aliphatic heterocycles. The molecule has 0 spiro atoms. The van der Waals surface area contributed by atoms with Crippen molar-refractivity contribution in [2.24, 2.45) is 5.92 Å². The van der Waals surface area contributed by atoms with Crippen LogP contribution in [0.15, 0.2) is 248 Å². The molecule has 0 fully saturated rings. The third-order valence-electron chi connectivity index (χ3n) is 12.5. The molecule has 61 heavy (non-hydrogen) atoms. The highest BCUT2D eigenvalue weighted by molar-refractivity contribution is 5.89. The average molecular weight is 778 g/mol. The van der Waals surface area contributed by atoms with Crippen molar-refractivity contribution >= 4 is 28.2 Å². The molecule has 9 aromatic rings. The van der Waals surface area contributed by atoms with Crippen molar-refractivity contribution in [3.05, 3.63) is 260 Å². The fourth-order valence-corrected chi connectivity index (χ4v) is 9.33. The highest BCUT2D eigenvalue weighted by Gasteiger charge is 2.33. The smallest absolute Gasteiger partial charge is 0.0459 e. The lowest BCUT2D eigenvalue weighted by molar-refractivity contribution is 0.643. The summed E-state index contributed by atoms with van der Waals surface area (Å²) in [6.45, 7) is 0. The summed E-state index contributed by atoms with van der Waals surface area (Å²) in [4.78, 5) is 2.47. The molecular formula is C60H43N. The van der Waals surface area contributed by atoms with E-state index in [1.54, 1.807) is 0 Å². The van der Waals surface area contributed by atoms with Crippen molar-refractivity contribution in [2.75, 3.05) is 4.90 Å². The summed E-state index contributed by atoms with van der Waals surface area (Å²) in [6, 6.07) is 79.7. The monoisotopic (exact) mass is 777 g/mol. The van der Waals surface area contributed by atoms with Gasteiger partial charge in [-0.25, -0.2) is 0 Å². The Hall–Kier alpha value is -7.74. The molecule has 2 atom stereocenters. The van der Waals surface area contributed by atoms with Gasteiger partial charge in [-0.2, -0.15) is 0 Å². The van der Waals surface area contributed by atoms with Crippen molar-refractivity contribution < 1.29 is 0 Å². The molecule has 288 valence electrons. The Morgan fingerprint density at radius 1 is 0.311 bits per heavy atom. The van der Waals surface area contributed by atoms with E-state index in [0.29, 0.717) is 0 Å². The van der Waals surface area contributed by atoms with Crippen LogP contribution in [0.4, 0.5) is 11.4 Å². The first kappa shape index (κ1) is 36.3. The third-order valence-corrected chi connectivity index (χ3v) is 12.5. The van der Waals surface area contributed by atoms with Gasteiger partial charge in [-0.15, -0.1) is 0 Å². The van der Waals surface area contributed by atoms with Crippen LogP contribution in [0.1, 0.15) is 17.0 Å². The minimum atomic E-state index is 0.202. The van der Waals surface area contributed by atoms with Crippen molar-refractivity contribution in [3.8, 4) is 55.6 Å². The standard InChI is InChI=1S/C60H43N/c1-3-13-42(14-4-1)51-33-38-56(47-16-5-2-6-17-47)59(40-51)48-26-23-44(24-27-48)45-29-34-53(35-30-45)61(60-41-52-19-9-10-20-55(52)57-21-11-12-22-58(57)60)54-36-31-46(32-37-54)50-28-25-43-15-7-8-18-49(43)39-50/h1-41,57-58H. The van der Waals surface area contributed by atoms with Crippen LogP contribution in [0, 0.1) is 5.92 Å². The highest BCUT2D eigenvalue weighted by atomic mass is 15.2. The summed E-state index contributed by atoms with van der Waals surface area (Å²) in [5.41, 5.74) is 18.3. The van der Waals surface area contributed by atoms with Gasteiger partial charge >= 0.3 is 0 Å². The van der Waals surface area contributed by atoms with Crippen LogP contribution in [0.25, 0.3) is 72.5 Å². The van der Waals surface area contributed by atoms with Crippen molar-refractivity contribution in [3.63, 3.8) is 0 Å². The number of rotatable bonds is 8. The van der Waals surface area contributed by atoms with E-state index in [2.05, 4.69) is 254 Å². The van der Waals surface area contributed by atoms with Gasteiger partial charge in [0.15, 0.2) is 0 Å². The Balaban J connectivity index is 0.957. The molecule has 0 amide bonds. The Morgan fingerprint density at radius 3 is 1.49 bits per heavy atom. The minimum absolute atomic E-state index is 0.202. The van der Waals surface area contributed by atoms with Crippen LogP contribution in [0.5, 0.6) is 0 Å². The summed E-state index contributed by atoms with van der Waals surface area (Å²) in [6.07, 6.45) is 11.5. The molecular weight excluding hydrogens is 735 g/mol. The number of anilines is 2. The van der Waals surface area contributed by atoms with Gasteiger partial charge in [0.25, 0.3) is 0 Å². The first-order chi connectivity index (χ1) is 30.2. The summed E-state index contributed by atoms with van der Waals surface area (Å²) in [5.74, 6) is 0.475. The van der Waals surface area contributed by atoms with E-state index in [1.165, 1.54) is 83.2 Å². The number of benzene rings is 9. The molecule has 0 bridgehead atoms. The maximum atomic E-state index is 2.47. The molecule has 2 aliphatic carbocycles. The molecule has 0 radical (unpaired) electrons. The van der Waals surface area contributed by atoms with E-state index in [4.69, 9.17) is 0 Å². The first-order valence-corrected chi connectivity index (χ1v) is 21.2. The average Bonchev–Trinajstić information content (AvgIpc) is 3.35. The third kappa shape index (κ3) is 7.01. The second-order valence-corrected chi connectivity index (χ2v) is 16.1. The molecule has 1 heteroatoms. The Kier molecular flexibility index (Phi) is 9.41. The molecule has 2 aliphatic rings. The summed E-state index contributed by atoms with van der Waals surface area (Å²) in [5, 5.41) is 2.51. The van der Waals surface area contributed by atoms with E-state index in [9.17, 15) is 0 Å².